The summed E-state index contributed by atoms with van der Waals surface area (Å²) in [4.78, 5) is 4.61. The fraction of sp³-hybridized carbons (Fsp3) is 0.273. The minimum absolute atomic E-state index is 0.491. The summed E-state index contributed by atoms with van der Waals surface area (Å²) in [5.74, 6) is 1.16. The van der Waals surface area contributed by atoms with E-state index in [4.69, 9.17) is 21.1 Å². The zero-order chi connectivity index (χ0) is 20.8. The lowest BCUT2D eigenvalue weighted by molar-refractivity contribution is 0.288. The Kier molecular flexibility index (Phi) is 7.12. The predicted octanol–water partition coefficient (Wildman–Crippen LogP) is 6.32. The molecule has 0 unspecified atom stereocenters. The van der Waals surface area contributed by atoms with Crippen LogP contribution >= 0.6 is 22.9 Å². The molecular formula is C22H24ClN3O2S. The number of thiazole rings is 1. The Balaban J connectivity index is 1.73. The van der Waals surface area contributed by atoms with Gasteiger partial charge >= 0.3 is 0 Å². The summed E-state index contributed by atoms with van der Waals surface area (Å²) in [5.41, 5.74) is 8.34. The lowest BCUT2D eigenvalue weighted by Crippen LogP contribution is -2.00. The molecule has 1 heterocycles. The highest BCUT2D eigenvalue weighted by atomic mass is 35.5. The van der Waals surface area contributed by atoms with Crippen LogP contribution in [0.15, 0.2) is 40.8 Å². The lowest BCUT2D eigenvalue weighted by atomic mass is 10.1. The van der Waals surface area contributed by atoms with Crippen molar-refractivity contribution in [2.75, 3.05) is 18.6 Å². The third-order valence-corrected chi connectivity index (χ3v) is 5.33. The minimum Gasteiger partial charge on any atom is -0.490 e. The second-order valence-electron chi connectivity index (χ2n) is 6.40. The SMILES string of the molecule is CCOc1cc(/C=N\Nc2nc(-c3ccc(C)c(C)c3)cs2)cc(Cl)c1OCC. The number of aromatic nitrogens is 1. The first-order chi connectivity index (χ1) is 14.0. The largest absolute Gasteiger partial charge is 0.490 e. The van der Waals surface area contributed by atoms with Gasteiger partial charge in [0.1, 0.15) is 0 Å². The Morgan fingerprint density at radius 1 is 1.10 bits per heavy atom. The number of benzene rings is 2. The van der Waals surface area contributed by atoms with E-state index in [1.54, 1.807) is 12.3 Å². The lowest BCUT2D eigenvalue weighted by Gasteiger charge is -2.13. The number of hydrogen-bond donors (Lipinski definition) is 1. The topological polar surface area (TPSA) is 55.7 Å². The average molecular weight is 430 g/mol. The number of hydrazone groups is 1. The number of nitrogens with zero attached hydrogens (tertiary/aromatic N) is 2. The van der Waals surface area contributed by atoms with Gasteiger partial charge in [0, 0.05) is 10.9 Å². The number of anilines is 1. The molecule has 0 atom stereocenters. The van der Waals surface area contributed by atoms with Gasteiger partial charge in [-0.05, 0) is 62.6 Å². The van der Waals surface area contributed by atoms with Gasteiger partial charge in [0.05, 0.1) is 30.1 Å². The van der Waals surface area contributed by atoms with E-state index < -0.39 is 0 Å². The average Bonchev–Trinajstić information content (AvgIpc) is 3.16. The van der Waals surface area contributed by atoms with Gasteiger partial charge in [0.25, 0.3) is 0 Å². The van der Waals surface area contributed by atoms with Gasteiger partial charge in [-0.1, -0.05) is 23.7 Å². The van der Waals surface area contributed by atoms with E-state index in [0.717, 1.165) is 22.0 Å². The highest BCUT2D eigenvalue weighted by molar-refractivity contribution is 7.14. The van der Waals surface area contributed by atoms with Crippen LogP contribution in [0.2, 0.25) is 5.02 Å². The molecule has 1 aromatic heterocycles. The van der Waals surface area contributed by atoms with Crippen molar-refractivity contribution in [3.05, 3.63) is 57.4 Å². The van der Waals surface area contributed by atoms with Crippen LogP contribution in [-0.4, -0.2) is 24.4 Å². The standard InChI is InChI=1S/C22H24ClN3O2S/c1-5-27-20-11-16(10-18(23)21(20)28-6-2)12-24-26-22-25-19(13-29-22)17-8-7-14(3)15(4)9-17/h7-13H,5-6H2,1-4H3,(H,25,26)/b24-12-. The molecule has 2 aromatic carbocycles. The molecule has 0 aliphatic heterocycles. The van der Waals surface area contributed by atoms with Crippen molar-refractivity contribution >= 4 is 34.3 Å². The minimum atomic E-state index is 0.491. The smallest absolute Gasteiger partial charge is 0.203 e. The number of aryl methyl sites for hydroxylation is 2. The van der Waals surface area contributed by atoms with Crippen LogP contribution in [0.4, 0.5) is 5.13 Å². The van der Waals surface area contributed by atoms with Gasteiger partial charge in [-0.15, -0.1) is 11.3 Å². The molecule has 0 saturated heterocycles. The molecule has 0 aliphatic carbocycles. The molecule has 0 fully saturated rings. The predicted molar refractivity (Wildman–Crippen MR) is 122 cm³/mol. The molecule has 152 valence electrons. The number of halogens is 1. The normalized spacial score (nSPS) is 11.1. The maximum atomic E-state index is 6.34. The second-order valence-corrected chi connectivity index (χ2v) is 7.67. The van der Waals surface area contributed by atoms with Gasteiger partial charge in [-0.2, -0.15) is 5.10 Å². The molecule has 7 heteroatoms. The van der Waals surface area contributed by atoms with Crippen molar-refractivity contribution in [3.63, 3.8) is 0 Å². The molecule has 0 spiro atoms. The Morgan fingerprint density at radius 3 is 2.62 bits per heavy atom. The second kappa shape index (κ2) is 9.76. The summed E-state index contributed by atoms with van der Waals surface area (Å²) >= 11 is 7.85. The van der Waals surface area contributed by atoms with Crippen LogP contribution in [0.25, 0.3) is 11.3 Å². The van der Waals surface area contributed by atoms with Crippen molar-refractivity contribution in [2.45, 2.75) is 27.7 Å². The summed E-state index contributed by atoms with van der Waals surface area (Å²) in [5, 5.41) is 7.51. The number of rotatable bonds is 8. The van der Waals surface area contributed by atoms with Crippen LogP contribution in [0.1, 0.15) is 30.5 Å². The summed E-state index contributed by atoms with van der Waals surface area (Å²) in [7, 11) is 0. The zero-order valence-corrected chi connectivity index (χ0v) is 18.5. The first-order valence-electron chi connectivity index (χ1n) is 9.43. The van der Waals surface area contributed by atoms with Crippen LogP contribution in [-0.2, 0) is 0 Å². The summed E-state index contributed by atoms with van der Waals surface area (Å²) in [6.45, 7) is 9.07. The number of ether oxygens (including phenoxy) is 2. The quantitative estimate of drug-likeness (QED) is 0.336. The molecular weight excluding hydrogens is 406 g/mol. The molecule has 29 heavy (non-hydrogen) atoms. The Bertz CT molecular complexity index is 1020. The van der Waals surface area contributed by atoms with Crippen LogP contribution in [0, 0.1) is 13.8 Å². The van der Waals surface area contributed by atoms with E-state index in [9.17, 15) is 0 Å². The van der Waals surface area contributed by atoms with Gasteiger partial charge in [0.15, 0.2) is 11.5 Å². The van der Waals surface area contributed by atoms with Gasteiger partial charge < -0.3 is 9.47 Å². The van der Waals surface area contributed by atoms with E-state index in [-0.39, 0.29) is 0 Å². The highest BCUT2D eigenvalue weighted by Gasteiger charge is 2.11. The molecule has 0 amide bonds. The zero-order valence-electron chi connectivity index (χ0n) is 17.0. The van der Waals surface area contributed by atoms with Crippen LogP contribution in [0.3, 0.4) is 0 Å². The monoisotopic (exact) mass is 429 g/mol. The Morgan fingerprint density at radius 2 is 1.90 bits per heavy atom. The third kappa shape index (κ3) is 5.28. The van der Waals surface area contributed by atoms with Gasteiger partial charge in [0.2, 0.25) is 5.13 Å². The van der Waals surface area contributed by atoms with Crippen LogP contribution in [0.5, 0.6) is 11.5 Å². The molecule has 0 bridgehead atoms. The molecule has 0 aliphatic rings. The van der Waals surface area contributed by atoms with E-state index in [0.29, 0.717) is 29.7 Å². The molecule has 1 N–H and O–H groups in total. The number of nitrogens with one attached hydrogen (secondary N) is 1. The summed E-state index contributed by atoms with van der Waals surface area (Å²) < 4.78 is 11.2. The van der Waals surface area contributed by atoms with E-state index in [2.05, 4.69) is 47.6 Å². The molecule has 5 nitrogen and oxygen atoms in total. The van der Waals surface area contributed by atoms with Crippen molar-refractivity contribution < 1.29 is 9.47 Å². The first kappa shape index (κ1) is 21.1. The first-order valence-corrected chi connectivity index (χ1v) is 10.7. The maximum absolute atomic E-state index is 6.34. The number of hydrogen-bond acceptors (Lipinski definition) is 6. The third-order valence-electron chi connectivity index (χ3n) is 4.30. The highest BCUT2D eigenvalue weighted by Crippen LogP contribution is 2.36. The Labute approximate surface area is 180 Å². The van der Waals surface area contributed by atoms with Crippen molar-refractivity contribution in [3.8, 4) is 22.8 Å². The maximum Gasteiger partial charge on any atom is 0.203 e. The van der Waals surface area contributed by atoms with E-state index >= 15 is 0 Å². The van der Waals surface area contributed by atoms with Crippen molar-refractivity contribution in [1.29, 1.82) is 0 Å². The summed E-state index contributed by atoms with van der Waals surface area (Å²) in [6.07, 6.45) is 1.68. The van der Waals surface area contributed by atoms with E-state index in [1.165, 1.54) is 22.5 Å². The fourth-order valence-corrected chi connectivity index (χ4v) is 3.67. The van der Waals surface area contributed by atoms with Gasteiger partial charge in [-0.3, -0.25) is 5.43 Å². The fourth-order valence-electron chi connectivity index (χ4n) is 2.73. The van der Waals surface area contributed by atoms with Gasteiger partial charge in [-0.25, -0.2) is 4.98 Å². The Hall–Kier alpha value is -2.57. The molecule has 3 aromatic rings. The molecule has 0 saturated carbocycles. The van der Waals surface area contributed by atoms with E-state index in [1.807, 2.05) is 25.3 Å². The molecule has 0 radical (unpaired) electrons. The summed E-state index contributed by atoms with van der Waals surface area (Å²) in [6, 6.07) is 9.99. The van der Waals surface area contributed by atoms with Crippen molar-refractivity contribution in [1.82, 2.24) is 4.98 Å². The molecule has 3 rings (SSSR count). The van der Waals surface area contributed by atoms with Crippen molar-refractivity contribution in [2.24, 2.45) is 5.10 Å². The van der Waals surface area contributed by atoms with Crippen LogP contribution < -0.4 is 14.9 Å².